The number of carbonyl (C=O) groups excluding carboxylic acids is 1. The molecule has 3 nitrogen and oxygen atoms in total. The molecule has 0 aliphatic carbocycles. The molecule has 0 saturated heterocycles. The van der Waals surface area contributed by atoms with Crippen molar-refractivity contribution in [1.82, 2.24) is 0 Å². The van der Waals surface area contributed by atoms with Gasteiger partial charge in [-0.3, -0.25) is 4.79 Å². The van der Waals surface area contributed by atoms with Crippen LogP contribution < -0.4 is 5.32 Å². The van der Waals surface area contributed by atoms with Gasteiger partial charge in [0.15, 0.2) is 0 Å². The Morgan fingerprint density at radius 2 is 2.26 bits per heavy atom. The number of halogens is 1. The highest BCUT2D eigenvalue weighted by molar-refractivity contribution is 7.10. The molecular weight excluding hydrogens is 263 g/mol. The van der Waals surface area contributed by atoms with E-state index in [1.54, 1.807) is 6.07 Å². The van der Waals surface area contributed by atoms with Crippen molar-refractivity contribution in [2.45, 2.75) is 12.3 Å². The molecule has 1 atom stereocenters. The second-order valence-electron chi connectivity index (χ2n) is 3.96. The maximum absolute atomic E-state index is 13.0. The molecule has 1 amide bonds. The molecule has 0 bridgehead atoms. The van der Waals surface area contributed by atoms with E-state index in [4.69, 9.17) is 5.26 Å². The highest BCUT2D eigenvalue weighted by atomic mass is 32.1. The third-order valence-corrected chi connectivity index (χ3v) is 3.53. The van der Waals surface area contributed by atoms with E-state index >= 15 is 0 Å². The molecule has 5 heteroatoms. The number of thiophene rings is 1. The van der Waals surface area contributed by atoms with E-state index in [0.717, 1.165) is 4.88 Å². The van der Waals surface area contributed by atoms with E-state index in [-0.39, 0.29) is 12.3 Å². The fourth-order valence-corrected chi connectivity index (χ4v) is 2.43. The van der Waals surface area contributed by atoms with Gasteiger partial charge in [-0.05, 0) is 29.6 Å². The minimum atomic E-state index is -0.464. The fraction of sp³-hybridized carbons (Fsp3) is 0.143. The molecule has 2 aromatic rings. The zero-order valence-electron chi connectivity index (χ0n) is 9.97. The van der Waals surface area contributed by atoms with Gasteiger partial charge in [-0.2, -0.15) is 5.26 Å². The van der Waals surface area contributed by atoms with Crippen molar-refractivity contribution in [1.29, 1.82) is 5.26 Å². The number of hydrogen-bond donors (Lipinski definition) is 1. The largest absolute Gasteiger partial charge is 0.326 e. The molecule has 1 aromatic heterocycles. The molecule has 0 aliphatic rings. The van der Waals surface area contributed by atoms with E-state index in [2.05, 4.69) is 11.4 Å². The molecule has 0 spiro atoms. The number of nitrogens with one attached hydrogen (secondary N) is 1. The van der Waals surface area contributed by atoms with Crippen LogP contribution in [0, 0.1) is 17.1 Å². The fourth-order valence-electron chi connectivity index (χ4n) is 1.66. The zero-order chi connectivity index (χ0) is 13.7. The summed E-state index contributed by atoms with van der Waals surface area (Å²) in [5.74, 6) is -1.17. The third-order valence-electron chi connectivity index (χ3n) is 2.54. The minimum Gasteiger partial charge on any atom is -0.326 e. The molecular formula is C14H11FN2OS. The first-order valence-electron chi connectivity index (χ1n) is 5.67. The van der Waals surface area contributed by atoms with Gasteiger partial charge in [0.25, 0.3) is 0 Å². The van der Waals surface area contributed by atoms with Crippen LogP contribution in [-0.2, 0) is 4.79 Å². The molecule has 1 N–H and O–H groups in total. The second-order valence-corrected chi connectivity index (χ2v) is 4.94. The second kappa shape index (κ2) is 6.12. The summed E-state index contributed by atoms with van der Waals surface area (Å²) < 4.78 is 13.0. The monoisotopic (exact) mass is 274 g/mol. The normalized spacial score (nSPS) is 11.6. The maximum Gasteiger partial charge on any atom is 0.226 e. The van der Waals surface area contributed by atoms with Crippen LogP contribution in [0.25, 0.3) is 0 Å². The predicted octanol–water partition coefficient (Wildman–Crippen LogP) is 3.52. The van der Waals surface area contributed by atoms with Crippen molar-refractivity contribution in [3.63, 3.8) is 0 Å². The van der Waals surface area contributed by atoms with Gasteiger partial charge in [-0.1, -0.05) is 12.1 Å². The molecule has 0 aliphatic heterocycles. The van der Waals surface area contributed by atoms with Crippen molar-refractivity contribution in [2.24, 2.45) is 0 Å². The molecule has 1 aromatic carbocycles. The highest BCUT2D eigenvalue weighted by Crippen LogP contribution is 2.24. The van der Waals surface area contributed by atoms with Crippen LogP contribution in [0.4, 0.5) is 10.1 Å². The Bertz CT molecular complexity index is 604. The highest BCUT2D eigenvalue weighted by Gasteiger charge is 2.16. The number of anilines is 1. The number of nitrogens with zero attached hydrogens (tertiary/aromatic N) is 1. The van der Waals surface area contributed by atoms with Gasteiger partial charge in [-0.15, -0.1) is 11.3 Å². The summed E-state index contributed by atoms with van der Waals surface area (Å²) >= 11 is 1.44. The van der Waals surface area contributed by atoms with Gasteiger partial charge in [0.2, 0.25) is 5.91 Å². The molecule has 1 unspecified atom stereocenters. The lowest BCUT2D eigenvalue weighted by molar-refractivity contribution is -0.116. The average Bonchev–Trinajstić information content (AvgIpc) is 2.89. The molecule has 1 heterocycles. The SMILES string of the molecule is N#CC(CC(=O)Nc1cccc(F)c1)c1cccs1. The van der Waals surface area contributed by atoms with Gasteiger partial charge in [-0.25, -0.2) is 4.39 Å². The first-order valence-corrected chi connectivity index (χ1v) is 6.55. The Morgan fingerprint density at radius 1 is 1.42 bits per heavy atom. The number of rotatable bonds is 4. The van der Waals surface area contributed by atoms with Gasteiger partial charge in [0.05, 0.1) is 12.0 Å². The van der Waals surface area contributed by atoms with E-state index in [1.807, 2.05) is 17.5 Å². The number of nitriles is 1. The van der Waals surface area contributed by atoms with Crippen molar-refractivity contribution in [2.75, 3.05) is 5.32 Å². The molecule has 0 saturated carbocycles. The molecule has 0 fully saturated rings. The number of carbonyl (C=O) groups is 1. The molecule has 0 radical (unpaired) electrons. The summed E-state index contributed by atoms with van der Waals surface area (Å²) in [6.45, 7) is 0. The van der Waals surface area contributed by atoms with Crippen molar-refractivity contribution in [3.8, 4) is 6.07 Å². The summed E-state index contributed by atoms with van der Waals surface area (Å²) in [6, 6.07) is 11.4. The quantitative estimate of drug-likeness (QED) is 0.927. The van der Waals surface area contributed by atoms with E-state index in [9.17, 15) is 9.18 Å². The van der Waals surface area contributed by atoms with Crippen LogP contribution >= 0.6 is 11.3 Å². The Hall–Kier alpha value is -2.19. The van der Waals surface area contributed by atoms with Crippen molar-refractivity contribution < 1.29 is 9.18 Å². The Balaban J connectivity index is 1.99. The zero-order valence-corrected chi connectivity index (χ0v) is 10.8. The van der Waals surface area contributed by atoms with Crippen molar-refractivity contribution in [3.05, 3.63) is 52.5 Å². The number of hydrogen-bond acceptors (Lipinski definition) is 3. The van der Waals surface area contributed by atoms with Gasteiger partial charge in [0, 0.05) is 17.0 Å². The topological polar surface area (TPSA) is 52.9 Å². The van der Waals surface area contributed by atoms with Gasteiger partial charge < -0.3 is 5.32 Å². The standard InChI is InChI=1S/C14H11FN2OS/c15-11-3-1-4-12(8-11)17-14(18)7-10(9-16)13-5-2-6-19-13/h1-6,8,10H,7H2,(H,17,18). The van der Waals surface area contributed by atoms with Crippen LogP contribution in [0.15, 0.2) is 41.8 Å². The van der Waals surface area contributed by atoms with Crippen molar-refractivity contribution >= 4 is 22.9 Å². The first-order chi connectivity index (χ1) is 9.19. The summed E-state index contributed by atoms with van der Waals surface area (Å²) in [5, 5.41) is 13.5. The van der Waals surface area contributed by atoms with E-state index in [1.165, 1.54) is 29.5 Å². The lowest BCUT2D eigenvalue weighted by atomic mass is 10.1. The maximum atomic E-state index is 13.0. The summed E-state index contributed by atoms with van der Waals surface area (Å²) in [7, 11) is 0. The summed E-state index contributed by atoms with van der Waals surface area (Å²) in [5.41, 5.74) is 0.396. The summed E-state index contributed by atoms with van der Waals surface area (Å²) in [4.78, 5) is 12.7. The number of amides is 1. The molecule has 96 valence electrons. The van der Waals surface area contributed by atoms with Gasteiger partial charge in [0.1, 0.15) is 5.82 Å². The van der Waals surface area contributed by atoms with Crippen LogP contribution in [-0.4, -0.2) is 5.91 Å². The number of benzene rings is 1. The molecule has 19 heavy (non-hydrogen) atoms. The lowest BCUT2D eigenvalue weighted by Gasteiger charge is -2.08. The van der Waals surface area contributed by atoms with Crippen LogP contribution in [0.5, 0.6) is 0 Å². The smallest absolute Gasteiger partial charge is 0.226 e. The Kier molecular flexibility index (Phi) is 4.26. The molecule has 2 rings (SSSR count). The van der Waals surface area contributed by atoms with Crippen LogP contribution in [0.2, 0.25) is 0 Å². The summed E-state index contributed by atoms with van der Waals surface area (Å²) in [6.07, 6.45) is 0.0630. The van der Waals surface area contributed by atoms with Crippen LogP contribution in [0.1, 0.15) is 17.2 Å². The van der Waals surface area contributed by atoms with E-state index in [0.29, 0.717) is 5.69 Å². The van der Waals surface area contributed by atoms with Crippen LogP contribution in [0.3, 0.4) is 0 Å². The first kappa shape index (κ1) is 13.2. The average molecular weight is 274 g/mol. The predicted molar refractivity (Wildman–Crippen MR) is 72.3 cm³/mol. The van der Waals surface area contributed by atoms with Gasteiger partial charge >= 0.3 is 0 Å². The Labute approximate surface area is 114 Å². The lowest BCUT2D eigenvalue weighted by Crippen LogP contribution is -2.14. The minimum absolute atomic E-state index is 0.0630. The third kappa shape index (κ3) is 3.63. The Morgan fingerprint density at radius 3 is 2.89 bits per heavy atom. The van der Waals surface area contributed by atoms with E-state index < -0.39 is 11.7 Å².